The second-order valence-corrected chi connectivity index (χ2v) is 31.0. The van der Waals surface area contributed by atoms with Crippen molar-refractivity contribution in [2.75, 3.05) is 90.1 Å². The third-order valence-electron chi connectivity index (χ3n) is 18.2. The molecule has 35 heteroatoms. The number of anilines is 3. The van der Waals surface area contributed by atoms with Crippen LogP contribution in [0.4, 0.5) is 27.4 Å². The molecule has 7 saturated heterocycles. The van der Waals surface area contributed by atoms with Crippen molar-refractivity contribution in [3.8, 4) is 0 Å². The van der Waals surface area contributed by atoms with Gasteiger partial charge in [0.2, 0.25) is 53.3 Å². The normalized spacial score (nSPS) is 23.3. The fourth-order valence-electron chi connectivity index (χ4n) is 13.0. The molecule has 0 bridgehead atoms. The van der Waals surface area contributed by atoms with Crippen molar-refractivity contribution in [2.24, 2.45) is 5.92 Å². The van der Waals surface area contributed by atoms with Gasteiger partial charge in [0.1, 0.15) is 29.4 Å². The molecule has 0 aromatic carbocycles. The molecule has 7 aliphatic rings. The van der Waals surface area contributed by atoms with Gasteiger partial charge in [-0.3, -0.25) is 42.7 Å². The highest BCUT2D eigenvalue weighted by atomic mass is 32.2. The molecule has 8 rings (SSSR count). The third-order valence-corrected chi connectivity index (χ3v) is 22.8. The minimum absolute atomic E-state index is 0.0141. The predicted octanol–water partition coefficient (Wildman–Crippen LogP) is 0.397. The maximum Gasteiger partial charge on any atom is 0.315 e. The van der Waals surface area contributed by atoms with E-state index in [4.69, 9.17) is 15.0 Å². The fraction of sp³-hybridized carbons (Fsp3) is 0.793. The fourth-order valence-corrected chi connectivity index (χ4v) is 17.4. The Hall–Kier alpha value is -6.04. The number of carbonyl (C=O) groups excluding carboxylic acids is 9. The zero-order valence-corrected chi connectivity index (χ0v) is 56.2. The first-order valence-corrected chi connectivity index (χ1v) is 38.2. The van der Waals surface area contributed by atoms with Gasteiger partial charge in [-0.25, -0.2) is 9.59 Å². The summed E-state index contributed by atoms with van der Waals surface area (Å²) >= 11 is 3.68. The van der Waals surface area contributed by atoms with Gasteiger partial charge >= 0.3 is 12.1 Å². The summed E-state index contributed by atoms with van der Waals surface area (Å²) in [6, 6.07) is -3.68. The molecule has 1 aromatic heterocycles. The number of nitrogens with zero attached hydrogens (tertiary/aromatic N) is 6. The summed E-state index contributed by atoms with van der Waals surface area (Å²) in [6.07, 6.45) is 11.7. The summed E-state index contributed by atoms with van der Waals surface area (Å²) in [5.74, 6) is -1.96. The van der Waals surface area contributed by atoms with Crippen LogP contribution in [-0.4, -0.2) is 228 Å². The molecule has 0 saturated carbocycles. The standard InChI is InChI=1S/C58H94N16O15S4/c1-36(75)37-18-26-72(27-19-37)54-69-55(73-28-20-38(21-29-73)61-52(80)42(34-92(84,85)86)63-48(78)16-4-2-10-24-59-46(76)14-8-6-12-44-50-40(32-90-44)65-57(82)67-50)71-56(70-54)74-30-22-39(23-31-74)62-53(81)43(35-93(87,88)89)64-49(79)17-5-3-11-25-60-47(77)15-9-7-13-45-51-41(33-91-45)66-58(83)68-51/h37-45,50-51H,2-35H2,1H3,(H,59,76)(H,60,77)(H,61,80)(H,62,81)(H,63,78)(H,64,79)(H2,65,67,82)(H2,66,68,83)(H,84,85,86)(H,87,88,89)/t40-,41+,42?,43?,44-,45-,50-,51+/m0/s1. The molecule has 12 N–H and O–H groups in total. The largest absolute Gasteiger partial charge is 0.356 e. The number of ketones is 1. The number of nitrogens with one attached hydrogen (secondary N) is 10. The van der Waals surface area contributed by atoms with E-state index in [1.54, 1.807) is 6.92 Å². The second-order valence-electron chi connectivity index (χ2n) is 25.4. The highest BCUT2D eigenvalue weighted by Gasteiger charge is 2.44. The first-order chi connectivity index (χ1) is 44.4. The molecule has 0 aliphatic carbocycles. The minimum Gasteiger partial charge on any atom is -0.356 e. The Balaban J connectivity index is 0.746. The quantitative estimate of drug-likeness (QED) is 0.0246. The van der Waals surface area contributed by atoms with Gasteiger partial charge in [-0.05, 0) is 96.8 Å². The number of carbonyl (C=O) groups is 9. The molecule has 520 valence electrons. The van der Waals surface area contributed by atoms with Crippen LogP contribution < -0.4 is 67.9 Å². The number of urea groups is 2. The minimum atomic E-state index is -4.69. The van der Waals surface area contributed by atoms with Crippen molar-refractivity contribution < 1.29 is 69.1 Å². The number of thioether (sulfide) groups is 2. The van der Waals surface area contributed by atoms with Gasteiger partial charge < -0.3 is 67.9 Å². The van der Waals surface area contributed by atoms with Gasteiger partial charge in [-0.1, -0.05) is 25.7 Å². The van der Waals surface area contributed by atoms with E-state index in [2.05, 4.69) is 53.2 Å². The predicted molar refractivity (Wildman–Crippen MR) is 350 cm³/mol. The molecule has 2 unspecified atom stereocenters. The molecular weight excluding hydrogens is 1290 g/mol. The van der Waals surface area contributed by atoms with Crippen LogP contribution in [0.15, 0.2) is 0 Å². The van der Waals surface area contributed by atoms with Gasteiger partial charge in [0.25, 0.3) is 20.2 Å². The lowest BCUT2D eigenvalue weighted by Crippen LogP contribution is -2.54. The third kappa shape index (κ3) is 23.7. The topological polar surface area (TPSA) is 431 Å². The number of hydrogen-bond donors (Lipinski definition) is 12. The summed E-state index contributed by atoms with van der Waals surface area (Å²) in [5.41, 5.74) is 0. The molecular formula is C58H94N16O15S4. The van der Waals surface area contributed by atoms with E-state index >= 15 is 0 Å². The van der Waals surface area contributed by atoms with Crippen LogP contribution in [0.1, 0.15) is 148 Å². The summed E-state index contributed by atoms with van der Waals surface area (Å²) in [7, 11) is -9.38. The first-order valence-electron chi connectivity index (χ1n) is 32.9. The summed E-state index contributed by atoms with van der Waals surface area (Å²) in [6.45, 7) is 4.90. The lowest BCUT2D eigenvalue weighted by Gasteiger charge is -2.36. The molecule has 8 atom stereocenters. The number of Topliss-reactive ketones (excluding diaryl/α,β-unsaturated/α-hetero) is 1. The molecule has 7 fully saturated rings. The molecule has 10 amide bonds. The molecule has 1 aromatic rings. The van der Waals surface area contributed by atoms with Gasteiger partial charge in [-0.15, -0.1) is 0 Å². The molecule has 0 radical (unpaired) electrons. The zero-order valence-electron chi connectivity index (χ0n) is 52.9. The van der Waals surface area contributed by atoms with Gasteiger partial charge in [-0.2, -0.15) is 55.3 Å². The van der Waals surface area contributed by atoms with Crippen molar-refractivity contribution in [3.05, 3.63) is 0 Å². The lowest BCUT2D eigenvalue weighted by atomic mass is 9.93. The summed E-state index contributed by atoms with van der Waals surface area (Å²) in [5, 5.41) is 28.9. The van der Waals surface area contributed by atoms with Crippen LogP contribution in [-0.2, 0) is 53.8 Å². The Bertz CT molecular complexity index is 2830. The number of hydrogen-bond acceptors (Lipinski definition) is 21. The van der Waals surface area contributed by atoms with E-state index < -0.39 is 79.5 Å². The summed E-state index contributed by atoms with van der Waals surface area (Å²) in [4.78, 5) is 134. The van der Waals surface area contributed by atoms with Crippen molar-refractivity contribution in [1.29, 1.82) is 0 Å². The Kier molecular flexibility index (Phi) is 27.5. The van der Waals surface area contributed by atoms with Crippen molar-refractivity contribution in [3.63, 3.8) is 0 Å². The lowest BCUT2D eigenvalue weighted by molar-refractivity contribution is -0.129. The van der Waals surface area contributed by atoms with Crippen LogP contribution in [0.3, 0.4) is 0 Å². The number of rotatable bonds is 36. The zero-order chi connectivity index (χ0) is 66.7. The van der Waals surface area contributed by atoms with E-state index in [1.807, 2.05) is 38.2 Å². The van der Waals surface area contributed by atoms with Crippen LogP contribution in [0.25, 0.3) is 0 Å². The van der Waals surface area contributed by atoms with E-state index in [0.717, 1.165) is 50.0 Å². The van der Waals surface area contributed by atoms with Crippen LogP contribution >= 0.6 is 23.5 Å². The van der Waals surface area contributed by atoms with Crippen LogP contribution in [0.5, 0.6) is 0 Å². The van der Waals surface area contributed by atoms with E-state index in [1.165, 1.54) is 0 Å². The molecule has 31 nitrogen and oxygen atoms in total. The Labute approximate surface area is 552 Å². The van der Waals surface area contributed by atoms with Gasteiger partial charge in [0, 0.05) is 118 Å². The Morgan fingerprint density at radius 3 is 1.23 bits per heavy atom. The van der Waals surface area contributed by atoms with Crippen molar-refractivity contribution >= 4 is 115 Å². The number of amides is 10. The number of aromatic nitrogens is 3. The second kappa shape index (κ2) is 35.1. The van der Waals surface area contributed by atoms with Crippen LogP contribution in [0.2, 0.25) is 0 Å². The molecule has 93 heavy (non-hydrogen) atoms. The van der Waals surface area contributed by atoms with Gasteiger partial charge in [0.15, 0.2) is 0 Å². The monoisotopic (exact) mass is 1380 g/mol. The average molecular weight is 1380 g/mol. The van der Waals surface area contributed by atoms with Crippen LogP contribution in [0, 0.1) is 5.92 Å². The molecule has 0 spiro atoms. The van der Waals surface area contributed by atoms with E-state index in [9.17, 15) is 69.1 Å². The van der Waals surface area contributed by atoms with E-state index in [0.29, 0.717) is 171 Å². The molecule has 8 heterocycles. The first kappa shape index (κ1) is 72.8. The summed E-state index contributed by atoms with van der Waals surface area (Å²) < 4.78 is 67.8. The maximum absolute atomic E-state index is 13.6. The Morgan fingerprint density at radius 2 is 0.860 bits per heavy atom. The SMILES string of the molecule is CC(=O)C1CCN(c2nc(N3CCC(NC(=O)C(CS(=O)(=O)O)NC(=O)CCCCCNC(=O)CCCC[C@@H]4SC[C@@H]5NC(=O)N[C@@H]54)CC3)nc(N3CCC(NC(=O)C(CS(=O)(=O)O)NC(=O)CCCCCNC(=O)CCCC[C@@H]4SC[C@H]5NC(=O)N[C@@H]45)CC3)n2)CC1. The van der Waals surface area contributed by atoms with Crippen molar-refractivity contribution in [2.45, 2.75) is 207 Å². The highest BCUT2D eigenvalue weighted by Crippen LogP contribution is 2.35. The highest BCUT2D eigenvalue weighted by molar-refractivity contribution is 8.00. The average Bonchev–Trinajstić information content (AvgIpc) is 1.76. The number of fused-ring (bicyclic) bond motifs is 2. The smallest absolute Gasteiger partial charge is 0.315 e. The maximum atomic E-state index is 13.6. The number of unbranched alkanes of at least 4 members (excludes halogenated alkanes) is 6. The van der Waals surface area contributed by atoms with Crippen molar-refractivity contribution in [1.82, 2.24) is 68.1 Å². The van der Waals surface area contributed by atoms with Gasteiger partial charge in [0.05, 0.1) is 24.2 Å². The Morgan fingerprint density at radius 1 is 0.505 bits per heavy atom. The number of piperidine rings is 3. The molecule has 7 aliphatic heterocycles. The van der Waals surface area contributed by atoms with E-state index in [-0.39, 0.29) is 72.6 Å².